The molecule has 0 fully saturated rings. The number of aryl methyl sites for hydroxylation is 1. The van der Waals surface area contributed by atoms with E-state index in [-0.39, 0.29) is 11.7 Å². The number of rotatable bonds is 7. The fourth-order valence-corrected chi connectivity index (χ4v) is 4.09. The number of thioether (sulfide) groups is 1. The van der Waals surface area contributed by atoms with Gasteiger partial charge in [0.05, 0.1) is 5.25 Å². The van der Waals surface area contributed by atoms with Gasteiger partial charge in [0.1, 0.15) is 5.82 Å². The highest BCUT2D eigenvalue weighted by molar-refractivity contribution is 8.00. The van der Waals surface area contributed by atoms with E-state index in [0.717, 1.165) is 28.2 Å². The van der Waals surface area contributed by atoms with Crippen molar-refractivity contribution in [3.63, 3.8) is 0 Å². The minimum atomic E-state index is -0.396. The van der Waals surface area contributed by atoms with Gasteiger partial charge in [-0.1, -0.05) is 71.9 Å². The van der Waals surface area contributed by atoms with E-state index < -0.39 is 5.25 Å². The van der Waals surface area contributed by atoms with Gasteiger partial charge in [0.2, 0.25) is 5.91 Å². The van der Waals surface area contributed by atoms with Gasteiger partial charge in [0.15, 0.2) is 11.0 Å². The van der Waals surface area contributed by atoms with Crippen LogP contribution in [0.2, 0.25) is 0 Å². The standard InChI is InChI=1S/C25H23FN4OS/c1-17-8-14-22(15-9-17)30-23(20-6-4-3-5-7-20)28-29-25(30)32-18(2)24(31)27-16-19-10-12-21(26)13-11-19/h3-15,18H,16H2,1-2H3,(H,27,31). The van der Waals surface area contributed by atoms with Crippen molar-refractivity contribution in [2.24, 2.45) is 0 Å². The van der Waals surface area contributed by atoms with Gasteiger partial charge in [-0.15, -0.1) is 10.2 Å². The molecule has 1 unspecified atom stereocenters. The van der Waals surface area contributed by atoms with E-state index >= 15 is 0 Å². The smallest absolute Gasteiger partial charge is 0.233 e. The molecule has 3 aromatic carbocycles. The Balaban J connectivity index is 1.56. The molecule has 1 aromatic heterocycles. The van der Waals surface area contributed by atoms with Crippen LogP contribution < -0.4 is 5.32 Å². The van der Waals surface area contributed by atoms with Crippen LogP contribution in [0.3, 0.4) is 0 Å². The first-order valence-electron chi connectivity index (χ1n) is 10.3. The number of aromatic nitrogens is 3. The van der Waals surface area contributed by atoms with Gasteiger partial charge in [-0.2, -0.15) is 0 Å². The molecule has 1 amide bonds. The molecule has 0 saturated carbocycles. The highest BCUT2D eigenvalue weighted by Crippen LogP contribution is 2.30. The highest BCUT2D eigenvalue weighted by Gasteiger charge is 2.21. The largest absolute Gasteiger partial charge is 0.351 e. The summed E-state index contributed by atoms with van der Waals surface area (Å²) in [6.07, 6.45) is 0. The van der Waals surface area contributed by atoms with E-state index in [0.29, 0.717) is 11.7 Å². The fourth-order valence-electron chi connectivity index (χ4n) is 3.19. The lowest BCUT2D eigenvalue weighted by atomic mass is 10.2. The Morgan fingerprint density at radius 2 is 1.69 bits per heavy atom. The van der Waals surface area contributed by atoms with Crippen LogP contribution in [0.25, 0.3) is 17.1 Å². The van der Waals surface area contributed by atoms with Crippen molar-refractivity contribution in [1.29, 1.82) is 0 Å². The van der Waals surface area contributed by atoms with E-state index in [2.05, 4.69) is 15.5 Å². The van der Waals surface area contributed by atoms with Crippen molar-refractivity contribution in [3.8, 4) is 17.1 Å². The topological polar surface area (TPSA) is 59.8 Å². The summed E-state index contributed by atoms with van der Waals surface area (Å²) >= 11 is 1.35. The summed E-state index contributed by atoms with van der Waals surface area (Å²) in [5.74, 6) is 0.295. The predicted molar refractivity (Wildman–Crippen MR) is 125 cm³/mol. The van der Waals surface area contributed by atoms with Crippen LogP contribution in [-0.2, 0) is 11.3 Å². The summed E-state index contributed by atoms with van der Waals surface area (Å²) in [6.45, 7) is 4.21. The molecule has 4 rings (SSSR count). The number of halogens is 1. The Labute approximate surface area is 190 Å². The molecule has 1 atom stereocenters. The van der Waals surface area contributed by atoms with Crippen molar-refractivity contribution < 1.29 is 9.18 Å². The molecule has 162 valence electrons. The molecule has 1 heterocycles. The number of hydrogen-bond acceptors (Lipinski definition) is 4. The van der Waals surface area contributed by atoms with Crippen LogP contribution in [0.15, 0.2) is 84.0 Å². The highest BCUT2D eigenvalue weighted by atomic mass is 32.2. The van der Waals surface area contributed by atoms with Gasteiger partial charge in [0, 0.05) is 17.8 Å². The molecule has 0 aliphatic heterocycles. The maximum Gasteiger partial charge on any atom is 0.233 e. The Hall–Kier alpha value is -3.45. The lowest BCUT2D eigenvalue weighted by Gasteiger charge is -2.14. The van der Waals surface area contributed by atoms with Crippen LogP contribution in [0.1, 0.15) is 18.1 Å². The zero-order valence-corrected chi connectivity index (χ0v) is 18.6. The average molecular weight is 447 g/mol. The fraction of sp³-hybridized carbons (Fsp3) is 0.160. The SMILES string of the molecule is Cc1ccc(-n2c(SC(C)C(=O)NCc3ccc(F)cc3)nnc2-c2ccccc2)cc1. The summed E-state index contributed by atoms with van der Waals surface area (Å²) in [6, 6.07) is 24.1. The number of hydrogen-bond donors (Lipinski definition) is 1. The molecule has 7 heteroatoms. The number of nitrogens with zero attached hydrogens (tertiary/aromatic N) is 3. The Bertz CT molecular complexity index is 1190. The van der Waals surface area contributed by atoms with Crippen LogP contribution in [0.5, 0.6) is 0 Å². The van der Waals surface area contributed by atoms with Crippen LogP contribution in [0, 0.1) is 12.7 Å². The lowest BCUT2D eigenvalue weighted by molar-refractivity contribution is -0.120. The Morgan fingerprint density at radius 1 is 1.00 bits per heavy atom. The number of carbonyl (C=O) groups excluding carboxylic acids is 1. The molecule has 4 aromatic rings. The normalized spacial score (nSPS) is 11.8. The number of benzene rings is 3. The predicted octanol–water partition coefficient (Wildman–Crippen LogP) is 5.18. The van der Waals surface area contributed by atoms with Crippen molar-refractivity contribution in [1.82, 2.24) is 20.1 Å². The lowest BCUT2D eigenvalue weighted by Crippen LogP contribution is -2.30. The van der Waals surface area contributed by atoms with E-state index in [1.807, 2.05) is 73.0 Å². The summed E-state index contributed by atoms with van der Waals surface area (Å²) < 4.78 is 15.1. The second-order valence-electron chi connectivity index (χ2n) is 7.45. The number of carbonyl (C=O) groups is 1. The maximum atomic E-state index is 13.1. The second kappa shape index (κ2) is 9.78. The van der Waals surface area contributed by atoms with E-state index in [4.69, 9.17) is 0 Å². The zero-order valence-electron chi connectivity index (χ0n) is 17.8. The molecule has 0 bridgehead atoms. The molecular formula is C25H23FN4OS. The summed E-state index contributed by atoms with van der Waals surface area (Å²) in [5, 5.41) is 12.0. The van der Waals surface area contributed by atoms with Gasteiger partial charge in [-0.05, 0) is 43.7 Å². The van der Waals surface area contributed by atoms with Crippen LogP contribution >= 0.6 is 11.8 Å². The molecule has 0 radical (unpaired) electrons. The van der Waals surface area contributed by atoms with Crippen molar-refractivity contribution in [3.05, 3.63) is 95.8 Å². The molecular weight excluding hydrogens is 423 g/mol. The summed E-state index contributed by atoms with van der Waals surface area (Å²) in [5.41, 5.74) is 3.87. The third kappa shape index (κ3) is 5.06. The van der Waals surface area contributed by atoms with Crippen molar-refractivity contribution in [2.45, 2.75) is 30.8 Å². The summed E-state index contributed by atoms with van der Waals surface area (Å²) in [7, 11) is 0. The van der Waals surface area contributed by atoms with Crippen LogP contribution in [0.4, 0.5) is 4.39 Å². The molecule has 0 saturated heterocycles. The van der Waals surface area contributed by atoms with E-state index in [9.17, 15) is 9.18 Å². The van der Waals surface area contributed by atoms with Crippen molar-refractivity contribution >= 4 is 17.7 Å². The molecule has 0 aliphatic rings. The summed E-state index contributed by atoms with van der Waals surface area (Å²) in [4.78, 5) is 12.7. The van der Waals surface area contributed by atoms with E-state index in [1.165, 1.54) is 23.9 Å². The molecule has 1 N–H and O–H groups in total. The van der Waals surface area contributed by atoms with Gasteiger partial charge in [0.25, 0.3) is 0 Å². The first kappa shape index (κ1) is 21.8. The Morgan fingerprint density at radius 3 is 2.38 bits per heavy atom. The van der Waals surface area contributed by atoms with Gasteiger partial charge < -0.3 is 5.32 Å². The monoisotopic (exact) mass is 446 g/mol. The van der Waals surface area contributed by atoms with Crippen molar-refractivity contribution in [2.75, 3.05) is 0 Å². The maximum absolute atomic E-state index is 13.1. The molecule has 0 aliphatic carbocycles. The van der Waals surface area contributed by atoms with Crippen LogP contribution in [-0.4, -0.2) is 25.9 Å². The van der Waals surface area contributed by atoms with E-state index in [1.54, 1.807) is 12.1 Å². The quantitative estimate of drug-likeness (QED) is 0.398. The Kier molecular flexibility index (Phi) is 6.66. The second-order valence-corrected chi connectivity index (χ2v) is 8.76. The zero-order chi connectivity index (χ0) is 22.5. The first-order valence-corrected chi connectivity index (χ1v) is 11.2. The molecule has 5 nitrogen and oxygen atoms in total. The molecule has 32 heavy (non-hydrogen) atoms. The van der Waals surface area contributed by atoms with Gasteiger partial charge in [-0.25, -0.2) is 4.39 Å². The number of nitrogens with one attached hydrogen (secondary N) is 1. The minimum absolute atomic E-state index is 0.126. The third-order valence-electron chi connectivity index (χ3n) is 4.99. The average Bonchev–Trinajstić information content (AvgIpc) is 3.23. The first-order chi connectivity index (χ1) is 15.5. The van der Waals surface area contributed by atoms with Gasteiger partial charge >= 0.3 is 0 Å². The number of amides is 1. The molecule has 0 spiro atoms. The third-order valence-corrected chi connectivity index (χ3v) is 6.03. The minimum Gasteiger partial charge on any atom is -0.351 e. The van der Waals surface area contributed by atoms with Gasteiger partial charge in [-0.3, -0.25) is 9.36 Å².